The Balaban J connectivity index is 2.42. The molecule has 0 saturated carbocycles. The quantitative estimate of drug-likeness (QED) is 0.861. The summed E-state index contributed by atoms with van der Waals surface area (Å²) < 4.78 is 6.08. The predicted molar refractivity (Wildman–Crippen MR) is 69.9 cm³/mol. The lowest BCUT2D eigenvalue weighted by Gasteiger charge is -2.39. The Hall–Kier alpha value is -1.03. The van der Waals surface area contributed by atoms with Crippen molar-refractivity contribution in [2.45, 2.75) is 26.8 Å². The number of amides is 1. The summed E-state index contributed by atoms with van der Waals surface area (Å²) in [6, 6.07) is 6.11. The first-order chi connectivity index (χ1) is 7.90. The molecule has 17 heavy (non-hydrogen) atoms. The predicted octanol–water partition coefficient (Wildman–Crippen LogP) is 3.56. The fourth-order valence-corrected chi connectivity index (χ4v) is 2.49. The lowest BCUT2D eigenvalue weighted by Crippen LogP contribution is -2.47. The van der Waals surface area contributed by atoms with E-state index >= 15 is 0 Å². The number of nitrogens with one attached hydrogen (secondary N) is 1. The number of rotatable bonds is 1. The molecule has 1 aromatic carbocycles. The summed E-state index contributed by atoms with van der Waals surface area (Å²) in [5.41, 5.74) is 2.20. The molecule has 0 unspecified atom stereocenters. The van der Waals surface area contributed by atoms with Crippen LogP contribution in [0, 0.1) is 12.3 Å². The van der Waals surface area contributed by atoms with Crippen LogP contribution in [0.15, 0.2) is 22.7 Å². The molecule has 0 aliphatic carbocycles. The standard InChI is InChI=1S/C13H16BrNO2/c1-8-4-5-9(14)6-10(8)11-13(2,3)7-17-12(16)15-11/h4-6,11H,7H2,1-3H3,(H,15,16)/t11-/m0/s1. The number of aryl methyl sites for hydroxylation is 1. The minimum atomic E-state index is -0.339. The van der Waals surface area contributed by atoms with Crippen molar-refractivity contribution in [2.24, 2.45) is 5.41 Å². The Morgan fingerprint density at radius 3 is 2.88 bits per heavy atom. The molecule has 0 spiro atoms. The number of alkyl carbamates (subject to hydrolysis) is 1. The summed E-state index contributed by atoms with van der Waals surface area (Å²) >= 11 is 3.47. The zero-order valence-corrected chi connectivity index (χ0v) is 11.8. The van der Waals surface area contributed by atoms with Crippen molar-refractivity contribution >= 4 is 22.0 Å². The van der Waals surface area contributed by atoms with E-state index in [0.29, 0.717) is 6.61 Å². The van der Waals surface area contributed by atoms with Crippen LogP contribution in [-0.4, -0.2) is 12.7 Å². The van der Waals surface area contributed by atoms with E-state index in [2.05, 4.69) is 54.2 Å². The van der Waals surface area contributed by atoms with Crippen LogP contribution in [0.3, 0.4) is 0 Å². The van der Waals surface area contributed by atoms with Gasteiger partial charge in [-0.3, -0.25) is 0 Å². The number of benzene rings is 1. The van der Waals surface area contributed by atoms with Gasteiger partial charge in [0.1, 0.15) is 6.61 Å². The lowest BCUT2D eigenvalue weighted by molar-refractivity contribution is 0.0385. The Bertz CT molecular complexity index is 457. The molecule has 1 atom stereocenters. The highest BCUT2D eigenvalue weighted by atomic mass is 79.9. The van der Waals surface area contributed by atoms with Gasteiger partial charge in [0, 0.05) is 9.89 Å². The van der Waals surface area contributed by atoms with Crippen molar-refractivity contribution in [1.29, 1.82) is 0 Å². The zero-order chi connectivity index (χ0) is 12.6. The average molecular weight is 298 g/mol. The minimum Gasteiger partial charge on any atom is -0.449 e. The van der Waals surface area contributed by atoms with E-state index < -0.39 is 0 Å². The molecule has 1 saturated heterocycles. The van der Waals surface area contributed by atoms with Crippen molar-refractivity contribution in [3.05, 3.63) is 33.8 Å². The Morgan fingerprint density at radius 2 is 2.18 bits per heavy atom. The van der Waals surface area contributed by atoms with Gasteiger partial charge in [0.2, 0.25) is 0 Å². The maximum atomic E-state index is 11.4. The number of carbonyl (C=O) groups excluding carboxylic acids is 1. The number of ether oxygens (including phenoxy) is 1. The summed E-state index contributed by atoms with van der Waals surface area (Å²) in [5.74, 6) is 0. The molecule has 1 aromatic rings. The van der Waals surface area contributed by atoms with Crippen LogP contribution in [-0.2, 0) is 4.74 Å². The highest BCUT2D eigenvalue weighted by Gasteiger charge is 2.38. The molecule has 1 aliphatic rings. The third-order valence-corrected chi connectivity index (χ3v) is 3.66. The summed E-state index contributed by atoms with van der Waals surface area (Å²) in [5, 5.41) is 2.91. The molecule has 1 aliphatic heterocycles. The zero-order valence-electron chi connectivity index (χ0n) is 10.2. The van der Waals surface area contributed by atoms with Gasteiger partial charge in [-0.1, -0.05) is 35.8 Å². The number of cyclic esters (lactones) is 1. The highest BCUT2D eigenvalue weighted by Crippen LogP contribution is 2.38. The first-order valence-electron chi connectivity index (χ1n) is 5.59. The van der Waals surface area contributed by atoms with Crippen LogP contribution in [0.25, 0.3) is 0 Å². The topological polar surface area (TPSA) is 38.3 Å². The van der Waals surface area contributed by atoms with E-state index in [1.165, 1.54) is 5.56 Å². The Morgan fingerprint density at radius 1 is 1.47 bits per heavy atom. The number of hydrogen-bond donors (Lipinski definition) is 1. The van der Waals surface area contributed by atoms with Crippen LogP contribution in [0.2, 0.25) is 0 Å². The SMILES string of the molecule is Cc1ccc(Br)cc1[C@@H]1NC(=O)OCC1(C)C. The van der Waals surface area contributed by atoms with Crippen LogP contribution >= 0.6 is 15.9 Å². The fraction of sp³-hybridized carbons (Fsp3) is 0.462. The van der Waals surface area contributed by atoms with Crippen molar-refractivity contribution < 1.29 is 9.53 Å². The van der Waals surface area contributed by atoms with Gasteiger partial charge in [-0.25, -0.2) is 4.79 Å². The van der Waals surface area contributed by atoms with Crippen LogP contribution in [0.5, 0.6) is 0 Å². The molecule has 1 fully saturated rings. The van der Waals surface area contributed by atoms with E-state index in [0.717, 1.165) is 10.0 Å². The van der Waals surface area contributed by atoms with Crippen molar-refractivity contribution in [3.63, 3.8) is 0 Å². The molecule has 0 bridgehead atoms. The van der Waals surface area contributed by atoms with E-state index in [9.17, 15) is 4.79 Å². The molecule has 3 nitrogen and oxygen atoms in total. The van der Waals surface area contributed by atoms with Gasteiger partial charge in [-0.15, -0.1) is 0 Å². The summed E-state index contributed by atoms with van der Waals surface area (Å²) in [6.07, 6.45) is -0.339. The molecule has 1 amide bonds. The van der Waals surface area contributed by atoms with Gasteiger partial charge in [0.15, 0.2) is 0 Å². The van der Waals surface area contributed by atoms with Crippen LogP contribution in [0.1, 0.15) is 31.0 Å². The fourth-order valence-electron chi connectivity index (χ4n) is 2.11. The first kappa shape index (κ1) is 12.4. The maximum absolute atomic E-state index is 11.4. The first-order valence-corrected chi connectivity index (χ1v) is 6.39. The van der Waals surface area contributed by atoms with Gasteiger partial charge < -0.3 is 10.1 Å². The van der Waals surface area contributed by atoms with Gasteiger partial charge in [-0.05, 0) is 30.2 Å². The molecule has 92 valence electrons. The monoisotopic (exact) mass is 297 g/mol. The Kier molecular flexibility index (Phi) is 3.17. The van der Waals surface area contributed by atoms with E-state index in [-0.39, 0.29) is 17.6 Å². The number of halogens is 1. The van der Waals surface area contributed by atoms with Crippen molar-refractivity contribution in [1.82, 2.24) is 5.32 Å². The lowest BCUT2D eigenvalue weighted by atomic mass is 9.79. The van der Waals surface area contributed by atoms with Crippen LogP contribution in [0.4, 0.5) is 4.79 Å². The normalized spacial score (nSPS) is 22.8. The minimum absolute atomic E-state index is 0.0127. The maximum Gasteiger partial charge on any atom is 0.407 e. The van der Waals surface area contributed by atoms with E-state index in [4.69, 9.17) is 4.74 Å². The van der Waals surface area contributed by atoms with Gasteiger partial charge in [0.25, 0.3) is 0 Å². The third-order valence-electron chi connectivity index (χ3n) is 3.17. The molecule has 0 aromatic heterocycles. The molecule has 0 radical (unpaired) electrons. The number of hydrogen-bond acceptors (Lipinski definition) is 2. The molecule has 4 heteroatoms. The molecule has 1 heterocycles. The Labute approximate surface area is 110 Å². The smallest absolute Gasteiger partial charge is 0.407 e. The van der Waals surface area contributed by atoms with E-state index in [1.54, 1.807) is 0 Å². The second-order valence-corrected chi connectivity index (χ2v) is 6.06. The largest absolute Gasteiger partial charge is 0.449 e. The number of carbonyl (C=O) groups is 1. The molecule has 1 N–H and O–H groups in total. The highest BCUT2D eigenvalue weighted by molar-refractivity contribution is 9.10. The van der Waals surface area contributed by atoms with Gasteiger partial charge in [0.05, 0.1) is 6.04 Å². The second-order valence-electron chi connectivity index (χ2n) is 5.14. The third kappa shape index (κ3) is 2.46. The van der Waals surface area contributed by atoms with Gasteiger partial charge >= 0.3 is 6.09 Å². The van der Waals surface area contributed by atoms with Gasteiger partial charge in [-0.2, -0.15) is 0 Å². The summed E-state index contributed by atoms with van der Waals surface area (Å²) in [7, 11) is 0. The molecular formula is C13H16BrNO2. The summed E-state index contributed by atoms with van der Waals surface area (Å²) in [6.45, 7) is 6.68. The van der Waals surface area contributed by atoms with Crippen LogP contribution < -0.4 is 5.32 Å². The average Bonchev–Trinajstić information content (AvgIpc) is 2.26. The second kappa shape index (κ2) is 4.33. The van der Waals surface area contributed by atoms with E-state index in [1.807, 2.05) is 6.07 Å². The van der Waals surface area contributed by atoms with Crippen molar-refractivity contribution in [2.75, 3.05) is 6.61 Å². The summed E-state index contributed by atoms with van der Waals surface area (Å²) in [4.78, 5) is 11.4. The molecule has 2 rings (SSSR count). The molecular weight excluding hydrogens is 282 g/mol. The van der Waals surface area contributed by atoms with Crippen molar-refractivity contribution in [3.8, 4) is 0 Å².